The summed E-state index contributed by atoms with van der Waals surface area (Å²) in [6, 6.07) is 0. The van der Waals surface area contributed by atoms with Gasteiger partial charge in [0.05, 0.1) is 12.7 Å². The van der Waals surface area contributed by atoms with Crippen molar-refractivity contribution in [1.29, 1.82) is 0 Å². The highest BCUT2D eigenvalue weighted by atomic mass is 16.6. The molecular weight excluding hydrogens is 182 g/mol. The Morgan fingerprint density at radius 2 is 1.92 bits per heavy atom. The van der Waals surface area contributed by atoms with E-state index in [1.165, 1.54) is 0 Å². The number of carbonyl (C=O) groups is 1. The van der Waals surface area contributed by atoms with Crippen molar-refractivity contribution in [2.45, 2.75) is 24.7 Å². The van der Waals surface area contributed by atoms with Gasteiger partial charge in [-0.05, 0) is 0 Å². The number of nitrogens with two attached hydrogens (primary N) is 1. The molecule has 6 N–H and O–H groups in total. The fourth-order valence-electron chi connectivity index (χ4n) is 0.713. The molecule has 0 bridgehead atoms. The smallest absolute Gasteiger partial charge is 0.335 e. The quantitative estimate of drug-likeness (QED) is 0.294. The van der Waals surface area contributed by atoms with Crippen LogP contribution < -0.4 is 5.90 Å². The fourth-order valence-corrected chi connectivity index (χ4v) is 0.713. The molecule has 7 heteroatoms. The second-order valence-corrected chi connectivity index (χ2v) is 2.52. The summed E-state index contributed by atoms with van der Waals surface area (Å²) in [5.41, 5.74) is 0. The van der Waals surface area contributed by atoms with Crippen LogP contribution in [0.3, 0.4) is 0 Å². The van der Waals surface area contributed by atoms with Crippen molar-refractivity contribution in [2.75, 3.05) is 6.61 Å². The third-order valence-corrected chi connectivity index (χ3v) is 1.53. The molecule has 0 aliphatic heterocycles. The van der Waals surface area contributed by atoms with Gasteiger partial charge in [0.2, 0.25) is 0 Å². The molecular formula is C6H13NO6. The van der Waals surface area contributed by atoms with E-state index in [2.05, 4.69) is 10.7 Å². The van der Waals surface area contributed by atoms with Crippen LogP contribution in [0.2, 0.25) is 0 Å². The molecule has 3 atom stereocenters. The summed E-state index contributed by atoms with van der Waals surface area (Å²) in [7, 11) is 0. The Balaban J connectivity index is 4.00. The molecule has 0 amide bonds. The summed E-state index contributed by atoms with van der Waals surface area (Å²) in [6.07, 6.45) is -4.55. The van der Waals surface area contributed by atoms with Gasteiger partial charge in [-0.2, -0.15) is 0 Å². The van der Waals surface area contributed by atoms with Crippen LogP contribution >= 0.6 is 0 Å². The SMILES string of the molecule is NO[C@H](C[C@@H](O)[C@H](O)CO)C(=O)O. The standard InChI is InChI=1S/C6H13NO6/c7-13-5(6(11)12)1-3(9)4(10)2-8/h3-5,8-10H,1-2,7H2,(H,11,12)/t3-,4-,5-/m1/s1. The van der Waals surface area contributed by atoms with Crippen molar-refractivity contribution in [3.63, 3.8) is 0 Å². The number of carboxylic acids is 1. The van der Waals surface area contributed by atoms with Crippen LogP contribution in [0.25, 0.3) is 0 Å². The topological polar surface area (TPSA) is 133 Å². The largest absolute Gasteiger partial charge is 0.479 e. The number of aliphatic hydroxyl groups excluding tert-OH is 3. The van der Waals surface area contributed by atoms with Crippen molar-refractivity contribution < 1.29 is 30.1 Å². The summed E-state index contributed by atoms with van der Waals surface area (Å²) < 4.78 is 0. The van der Waals surface area contributed by atoms with Crippen LogP contribution in [0.5, 0.6) is 0 Å². The van der Waals surface area contributed by atoms with E-state index < -0.39 is 30.9 Å². The third-order valence-electron chi connectivity index (χ3n) is 1.53. The minimum Gasteiger partial charge on any atom is -0.479 e. The normalized spacial score (nSPS) is 17.8. The summed E-state index contributed by atoms with van der Waals surface area (Å²) in [6.45, 7) is -0.655. The summed E-state index contributed by atoms with van der Waals surface area (Å²) in [5, 5.41) is 34.7. The van der Waals surface area contributed by atoms with E-state index in [9.17, 15) is 4.79 Å². The van der Waals surface area contributed by atoms with Gasteiger partial charge >= 0.3 is 5.97 Å². The van der Waals surface area contributed by atoms with Gasteiger partial charge in [-0.25, -0.2) is 10.7 Å². The highest BCUT2D eigenvalue weighted by molar-refractivity contribution is 5.72. The maximum absolute atomic E-state index is 10.3. The molecule has 13 heavy (non-hydrogen) atoms. The minimum absolute atomic E-state index is 0.381. The Morgan fingerprint density at radius 1 is 1.38 bits per heavy atom. The summed E-state index contributed by atoms with van der Waals surface area (Å²) in [4.78, 5) is 14.3. The first-order valence-corrected chi connectivity index (χ1v) is 3.58. The molecule has 0 unspecified atom stereocenters. The lowest BCUT2D eigenvalue weighted by atomic mass is 10.1. The van der Waals surface area contributed by atoms with Crippen molar-refractivity contribution in [1.82, 2.24) is 0 Å². The van der Waals surface area contributed by atoms with Gasteiger partial charge in [0.1, 0.15) is 6.10 Å². The monoisotopic (exact) mass is 195 g/mol. The van der Waals surface area contributed by atoms with E-state index in [0.29, 0.717) is 0 Å². The first-order valence-electron chi connectivity index (χ1n) is 3.58. The lowest BCUT2D eigenvalue weighted by molar-refractivity contribution is -0.154. The highest BCUT2D eigenvalue weighted by Crippen LogP contribution is 2.05. The van der Waals surface area contributed by atoms with Gasteiger partial charge < -0.3 is 20.4 Å². The lowest BCUT2D eigenvalue weighted by Gasteiger charge is -2.18. The molecule has 0 aliphatic rings. The molecule has 0 aliphatic carbocycles. The average molecular weight is 195 g/mol. The molecule has 0 saturated carbocycles. The van der Waals surface area contributed by atoms with Crippen LogP contribution in [-0.2, 0) is 9.63 Å². The van der Waals surface area contributed by atoms with E-state index in [4.69, 9.17) is 20.4 Å². The van der Waals surface area contributed by atoms with Crippen molar-refractivity contribution in [3.05, 3.63) is 0 Å². The maximum Gasteiger partial charge on any atom is 0.335 e. The zero-order valence-corrected chi connectivity index (χ0v) is 6.83. The molecule has 0 saturated heterocycles. The van der Waals surface area contributed by atoms with E-state index in [1.54, 1.807) is 0 Å². The predicted octanol–water partition coefficient (Wildman–Crippen LogP) is -2.57. The van der Waals surface area contributed by atoms with Gasteiger partial charge in [-0.3, -0.25) is 4.84 Å². The average Bonchev–Trinajstić information content (AvgIpc) is 2.11. The van der Waals surface area contributed by atoms with Gasteiger partial charge in [-0.15, -0.1) is 0 Å². The van der Waals surface area contributed by atoms with Crippen molar-refractivity contribution in [2.24, 2.45) is 5.90 Å². The Bertz CT molecular complexity index is 163. The molecule has 0 rings (SSSR count). The highest BCUT2D eigenvalue weighted by Gasteiger charge is 2.25. The van der Waals surface area contributed by atoms with Crippen molar-refractivity contribution in [3.8, 4) is 0 Å². The summed E-state index contributed by atoms with van der Waals surface area (Å²) >= 11 is 0. The number of hydrogen-bond donors (Lipinski definition) is 5. The van der Waals surface area contributed by atoms with Crippen LogP contribution in [0.15, 0.2) is 0 Å². The predicted molar refractivity (Wildman–Crippen MR) is 40.4 cm³/mol. The van der Waals surface area contributed by atoms with Crippen LogP contribution in [-0.4, -0.2) is 51.3 Å². The number of rotatable bonds is 6. The molecule has 0 radical (unpaired) electrons. The minimum atomic E-state index is -1.39. The zero-order valence-electron chi connectivity index (χ0n) is 6.83. The van der Waals surface area contributed by atoms with Crippen molar-refractivity contribution >= 4 is 5.97 Å². The molecule has 7 nitrogen and oxygen atoms in total. The Labute approximate surface area is 74.3 Å². The second kappa shape index (κ2) is 5.84. The van der Waals surface area contributed by atoms with E-state index in [0.717, 1.165) is 0 Å². The van der Waals surface area contributed by atoms with Crippen LogP contribution in [0.1, 0.15) is 6.42 Å². The van der Waals surface area contributed by atoms with E-state index >= 15 is 0 Å². The third kappa shape index (κ3) is 4.15. The molecule has 0 aromatic rings. The molecule has 0 aromatic carbocycles. The number of hydrogen-bond acceptors (Lipinski definition) is 6. The molecule has 0 aromatic heterocycles. The van der Waals surface area contributed by atoms with Gasteiger partial charge in [0.25, 0.3) is 0 Å². The van der Waals surface area contributed by atoms with E-state index in [1.807, 2.05) is 0 Å². The van der Waals surface area contributed by atoms with Crippen LogP contribution in [0, 0.1) is 0 Å². The second-order valence-electron chi connectivity index (χ2n) is 2.52. The Hall–Kier alpha value is -0.730. The first kappa shape index (κ1) is 12.3. The van der Waals surface area contributed by atoms with Crippen LogP contribution in [0.4, 0.5) is 0 Å². The van der Waals surface area contributed by atoms with Gasteiger partial charge in [-0.1, -0.05) is 0 Å². The Morgan fingerprint density at radius 3 is 2.23 bits per heavy atom. The number of aliphatic hydroxyl groups is 3. The molecule has 0 heterocycles. The zero-order chi connectivity index (χ0) is 10.4. The Kier molecular flexibility index (Phi) is 5.51. The number of carboxylic acid groups (broad SMARTS) is 1. The lowest BCUT2D eigenvalue weighted by Crippen LogP contribution is -2.37. The fraction of sp³-hybridized carbons (Fsp3) is 0.833. The van der Waals surface area contributed by atoms with Gasteiger partial charge in [0.15, 0.2) is 6.10 Å². The maximum atomic E-state index is 10.3. The summed E-state index contributed by atoms with van der Waals surface area (Å²) in [5.74, 6) is 3.29. The van der Waals surface area contributed by atoms with E-state index in [-0.39, 0.29) is 6.42 Å². The molecule has 0 fully saturated rings. The molecule has 78 valence electrons. The molecule has 0 spiro atoms. The number of aliphatic carboxylic acids is 1. The first-order chi connectivity index (χ1) is 6.02. The van der Waals surface area contributed by atoms with Gasteiger partial charge in [0, 0.05) is 6.42 Å².